The molecule has 3 aromatic rings. The highest BCUT2D eigenvalue weighted by atomic mass is 32.2. The minimum absolute atomic E-state index is 0.0339. The number of hydrogen-bond acceptors (Lipinski definition) is 4. The predicted molar refractivity (Wildman–Crippen MR) is 132 cm³/mol. The number of amides is 2. The van der Waals surface area contributed by atoms with Crippen molar-refractivity contribution < 1.29 is 14.3 Å². The molecule has 0 radical (unpaired) electrons. The third kappa shape index (κ3) is 6.14. The first-order valence-electron chi connectivity index (χ1n) is 10.5. The van der Waals surface area contributed by atoms with Crippen molar-refractivity contribution in [1.82, 2.24) is 0 Å². The molecule has 0 fully saturated rings. The Balaban J connectivity index is 1.65. The number of carbonyl (C=O) groups is 2. The summed E-state index contributed by atoms with van der Waals surface area (Å²) in [6.07, 6.45) is 0.684. The molecule has 0 spiro atoms. The lowest BCUT2D eigenvalue weighted by Crippen LogP contribution is -2.24. The van der Waals surface area contributed by atoms with Crippen LogP contribution in [0.1, 0.15) is 34.8 Å². The molecule has 6 heteroatoms. The molecule has 0 aliphatic rings. The first-order valence-corrected chi connectivity index (χ1v) is 11.4. The number of nitrogens with one attached hydrogen (secondary N) is 2. The number of aryl methyl sites for hydroxylation is 2. The van der Waals surface area contributed by atoms with Crippen LogP contribution in [0.15, 0.2) is 71.6 Å². The van der Waals surface area contributed by atoms with Gasteiger partial charge in [0.05, 0.1) is 12.4 Å². The Morgan fingerprint density at radius 1 is 0.906 bits per heavy atom. The lowest BCUT2D eigenvalue weighted by Gasteiger charge is -2.16. The number of anilines is 2. The van der Waals surface area contributed by atoms with Crippen molar-refractivity contribution >= 4 is 35.0 Å². The van der Waals surface area contributed by atoms with Crippen LogP contribution in [0, 0.1) is 13.8 Å². The predicted octanol–water partition coefficient (Wildman–Crippen LogP) is 6.07. The van der Waals surface area contributed by atoms with Crippen molar-refractivity contribution in [3.8, 4) is 5.75 Å². The Hall–Kier alpha value is -3.25. The summed E-state index contributed by atoms with van der Waals surface area (Å²) in [5.41, 5.74) is 4.36. The van der Waals surface area contributed by atoms with E-state index in [9.17, 15) is 9.59 Å². The third-order valence-corrected chi connectivity index (χ3v) is 6.52. The van der Waals surface area contributed by atoms with Gasteiger partial charge in [-0.3, -0.25) is 9.59 Å². The van der Waals surface area contributed by atoms with Crippen LogP contribution >= 0.6 is 11.8 Å². The molecule has 3 rings (SSSR count). The van der Waals surface area contributed by atoms with Crippen molar-refractivity contribution in [3.63, 3.8) is 0 Å². The summed E-state index contributed by atoms with van der Waals surface area (Å²) in [6, 6.07) is 20.4. The van der Waals surface area contributed by atoms with E-state index in [-0.39, 0.29) is 17.1 Å². The van der Waals surface area contributed by atoms with Gasteiger partial charge in [0.15, 0.2) is 0 Å². The highest BCUT2D eigenvalue weighted by molar-refractivity contribution is 8.00. The fourth-order valence-electron chi connectivity index (χ4n) is 3.12. The number of rotatable bonds is 8. The van der Waals surface area contributed by atoms with E-state index in [1.165, 1.54) is 17.3 Å². The van der Waals surface area contributed by atoms with Gasteiger partial charge in [0.2, 0.25) is 5.91 Å². The van der Waals surface area contributed by atoms with E-state index in [4.69, 9.17) is 4.74 Å². The minimum atomic E-state index is -0.246. The second kappa shape index (κ2) is 10.9. The van der Waals surface area contributed by atoms with Gasteiger partial charge in [-0.1, -0.05) is 19.1 Å². The molecular weight excluding hydrogens is 420 g/mol. The van der Waals surface area contributed by atoms with Gasteiger partial charge in [0, 0.05) is 21.8 Å². The molecule has 0 saturated heterocycles. The summed E-state index contributed by atoms with van der Waals surface area (Å²) in [5.74, 6) is 0.465. The highest BCUT2D eigenvalue weighted by Gasteiger charge is 2.18. The lowest BCUT2D eigenvalue weighted by atomic mass is 10.1. The maximum atomic E-state index is 12.8. The maximum Gasteiger partial charge on any atom is 0.255 e. The summed E-state index contributed by atoms with van der Waals surface area (Å²) >= 11 is 1.49. The summed E-state index contributed by atoms with van der Waals surface area (Å²) in [4.78, 5) is 26.3. The van der Waals surface area contributed by atoms with Crippen LogP contribution in [0.3, 0.4) is 0 Å². The Labute approximate surface area is 193 Å². The fourth-order valence-corrected chi connectivity index (χ4v) is 4.13. The molecular formula is C26H28N2O3S. The molecule has 1 unspecified atom stereocenters. The smallest absolute Gasteiger partial charge is 0.255 e. The molecule has 0 aliphatic carbocycles. The molecule has 2 N–H and O–H groups in total. The molecule has 0 bridgehead atoms. The molecule has 32 heavy (non-hydrogen) atoms. The van der Waals surface area contributed by atoms with Gasteiger partial charge in [-0.15, -0.1) is 11.8 Å². The molecule has 2 amide bonds. The van der Waals surface area contributed by atoms with E-state index in [1.54, 1.807) is 31.4 Å². The van der Waals surface area contributed by atoms with Gasteiger partial charge in [-0.25, -0.2) is 0 Å². The lowest BCUT2D eigenvalue weighted by molar-refractivity contribution is -0.115. The number of hydrogen-bond donors (Lipinski definition) is 2. The zero-order valence-corrected chi connectivity index (χ0v) is 19.6. The Kier molecular flexibility index (Phi) is 7.95. The van der Waals surface area contributed by atoms with Crippen LogP contribution < -0.4 is 15.4 Å². The molecule has 1 atom stereocenters. The van der Waals surface area contributed by atoms with Crippen LogP contribution in [0.4, 0.5) is 11.4 Å². The first-order chi connectivity index (χ1) is 15.4. The van der Waals surface area contributed by atoms with Gasteiger partial charge in [0.1, 0.15) is 5.75 Å². The number of benzene rings is 3. The standard InChI is InChI=1S/C26H28N2O3S/c1-5-24(26(30)28-21-12-9-17(2)18(3)15-21)32-23-8-6-7-20(16-23)27-25(29)19-10-13-22(31-4)14-11-19/h6-16,24H,5H2,1-4H3,(H,27,29)(H,28,30). The van der Waals surface area contributed by atoms with Crippen molar-refractivity contribution in [2.24, 2.45) is 0 Å². The zero-order chi connectivity index (χ0) is 23.1. The van der Waals surface area contributed by atoms with Gasteiger partial charge < -0.3 is 15.4 Å². The summed E-state index contributed by atoms with van der Waals surface area (Å²) in [7, 11) is 1.59. The molecule has 0 aromatic heterocycles. The summed E-state index contributed by atoms with van der Waals surface area (Å²) in [6.45, 7) is 6.07. The van der Waals surface area contributed by atoms with Gasteiger partial charge >= 0.3 is 0 Å². The third-order valence-electron chi connectivity index (χ3n) is 5.16. The van der Waals surface area contributed by atoms with Crippen LogP contribution in [-0.2, 0) is 4.79 Å². The Morgan fingerprint density at radius 3 is 2.28 bits per heavy atom. The molecule has 5 nitrogen and oxygen atoms in total. The monoisotopic (exact) mass is 448 g/mol. The van der Waals surface area contributed by atoms with Crippen LogP contribution in [-0.4, -0.2) is 24.2 Å². The normalized spacial score (nSPS) is 11.5. The quantitative estimate of drug-likeness (QED) is 0.410. The van der Waals surface area contributed by atoms with Crippen LogP contribution in [0.25, 0.3) is 0 Å². The van der Waals surface area contributed by atoms with Crippen molar-refractivity contribution in [2.75, 3.05) is 17.7 Å². The molecule has 3 aromatic carbocycles. The molecule has 166 valence electrons. The molecule has 0 heterocycles. The Bertz CT molecular complexity index is 1100. The van der Waals surface area contributed by atoms with E-state index in [1.807, 2.05) is 63.2 Å². The van der Waals surface area contributed by atoms with Crippen molar-refractivity contribution in [2.45, 2.75) is 37.3 Å². The summed E-state index contributed by atoms with van der Waals surface area (Å²) in [5, 5.41) is 5.69. The average Bonchev–Trinajstić information content (AvgIpc) is 2.80. The number of thioether (sulfide) groups is 1. The SMILES string of the molecule is CCC(Sc1cccc(NC(=O)c2ccc(OC)cc2)c1)C(=O)Nc1ccc(C)c(C)c1. The van der Waals surface area contributed by atoms with E-state index in [0.717, 1.165) is 16.1 Å². The minimum Gasteiger partial charge on any atom is -0.497 e. The first kappa shape index (κ1) is 23.4. The van der Waals surface area contributed by atoms with E-state index in [0.29, 0.717) is 23.4 Å². The number of ether oxygens (including phenoxy) is 1. The van der Waals surface area contributed by atoms with Gasteiger partial charge in [-0.05, 0) is 86.0 Å². The number of carbonyl (C=O) groups excluding carboxylic acids is 2. The van der Waals surface area contributed by atoms with Crippen LogP contribution in [0.5, 0.6) is 5.75 Å². The van der Waals surface area contributed by atoms with Gasteiger partial charge in [0.25, 0.3) is 5.91 Å². The molecule has 0 aliphatic heterocycles. The maximum absolute atomic E-state index is 12.8. The van der Waals surface area contributed by atoms with E-state index >= 15 is 0 Å². The fraction of sp³-hybridized carbons (Fsp3) is 0.231. The summed E-state index contributed by atoms with van der Waals surface area (Å²) < 4.78 is 5.13. The van der Waals surface area contributed by atoms with Crippen molar-refractivity contribution in [1.29, 1.82) is 0 Å². The van der Waals surface area contributed by atoms with Gasteiger partial charge in [-0.2, -0.15) is 0 Å². The highest BCUT2D eigenvalue weighted by Crippen LogP contribution is 2.29. The molecule has 0 saturated carbocycles. The largest absolute Gasteiger partial charge is 0.497 e. The average molecular weight is 449 g/mol. The van der Waals surface area contributed by atoms with E-state index in [2.05, 4.69) is 10.6 Å². The Morgan fingerprint density at radius 2 is 1.62 bits per heavy atom. The topological polar surface area (TPSA) is 67.4 Å². The van der Waals surface area contributed by atoms with E-state index < -0.39 is 0 Å². The second-order valence-corrected chi connectivity index (χ2v) is 8.79. The zero-order valence-electron chi connectivity index (χ0n) is 18.8. The van der Waals surface area contributed by atoms with Crippen molar-refractivity contribution in [3.05, 3.63) is 83.4 Å². The number of methoxy groups -OCH3 is 1. The van der Waals surface area contributed by atoms with Crippen LogP contribution in [0.2, 0.25) is 0 Å². The second-order valence-electron chi connectivity index (χ2n) is 7.51.